The Morgan fingerprint density at radius 1 is 1.39 bits per heavy atom. The van der Waals surface area contributed by atoms with Crippen LogP contribution in [0.2, 0.25) is 5.15 Å². The zero-order valence-corrected chi connectivity index (χ0v) is 10.2. The van der Waals surface area contributed by atoms with Crippen LogP contribution in [0.3, 0.4) is 0 Å². The molecule has 0 fully saturated rings. The van der Waals surface area contributed by atoms with E-state index in [1.165, 1.54) is 0 Å². The highest BCUT2D eigenvalue weighted by molar-refractivity contribution is 6.34. The summed E-state index contributed by atoms with van der Waals surface area (Å²) in [5.74, 6) is -0.671. The van der Waals surface area contributed by atoms with Gasteiger partial charge in [0.25, 0.3) is 5.91 Å². The number of carbonyl (C=O) groups is 1. The maximum Gasteiger partial charge on any atom is 0.273 e. The first-order chi connectivity index (χ1) is 8.65. The molecule has 0 bridgehead atoms. The maximum absolute atomic E-state index is 11.8. The monoisotopic (exact) mass is 265 g/mol. The zero-order chi connectivity index (χ0) is 13.1. The van der Waals surface area contributed by atoms with Crippen LogP contribution >= 0.6 is 11.6 Å². The summed E-state index contributed by atoms with van der Waals surface area (Å²) in [4.78, 5) is 15.7. The fourth-order valence-corrected chi connectivity index (χ4v) is 1.89. The number of nitrogens with two attached hydrogens (primary N) is 1. The molecule has 94 valence electrons. The number of pyridine rings is 1. The number of halogens is 1. The van der Waals surface area contributed by atoms with E-state index < -0.39 is 5.91 Å². The summed E-state index contributed by atoms with van der Waals surface area (Å²) in [6.45, 7) is 0.623. The van der Waals surface area contributed by atoms with E-state index in [4.69, 9.17) is 17.3 Å². The Hall–Kier alpha value is -1.85. The van der Waals surface area contributed by atoms with Crippen molar-refractivity contribution in [3.8, 4) is 5.75 Å². The molecule has 0 spiro atoms. The van der Waals surface area contributed by atoms with Gasteiger partial charge in [0.05, 0.1) is 0 Å². The summed E-state index contributed by atoms with van der Waals surface area (Å²) in [6, 6.07) is 6.94. The Labute approximate surface area is 109 Å². The molecule has 1 heterocycles. The molecule has 0 aliphatic heterocycles. The minimum Gasteiger partial charge on any atom is -0.505 e. The second-order valence-electron chi connectivity index (χ2n) is 3.69. The van der Waals surface area contributed by atoms with Gasteiger partial charge in [-0.2, -0.15) is 0 Å². The molecule has 0 aliphatic carbocycles. The molecule has 1 aromatic carbocycles. The highest BCUT2D eigenvalue weighted by Gasteiger charge is 2.17. The Morgan fingerprint density at radius 3 is 2.72 bits per heavy atom. The number of benzene rings is 1. The Kier molecular flexibility index (Phi) is 3.64. The number of hydrogen-bond donors (Lipinski definition) is 3. The van der Waals surface area contributed by atoms with Gasteiger partial charge in [0, 0.05) is 23.9 Å². The number of aromatic hydroxyl groups is 1. The predicted molar refractivity (Wildman–Crippen MR) is 69.8 cm³/mol. The number of fused-ring (bicyclic) bond motifs is 1. The number of rotatable bonds is 3. The van der Waals surface area contributed by atoms with Crippen LogP contribution in [0.5, 0.6) is 5.75 Å². The van der Waals surface area contributed by atoms with E-state index in [0.29, 0.717) is 23.9 Å². The van der Waals surface area contributed by atoms with Gasteiger partial charge in [0.1, 0.15) is 5.15 Å². The summed E-state index contributed by atoms with van der Waals surface area (Å²) in [5, 5.41) is 13.8. The van der Waals surface area contributed by atoms with Gasteiger partial charge in [0.15, 0.2) is 11.4 Å². The molecule has 2 aromatic rings. The van der Waals surface area contributed by atoms with Gasteiger partial charge < -0.3 is 16.2 Å². The number of amides is 1. The molecule has 5 nitrogen and oxygen atoms in total. The molecular weight excluding hydrogens is 254 g/mol. The third kappa shape index (κ3) is 2.23. The van der Waals surface area contributed by atoms with Gasteiger partial charge in [-0.3, -0.25) is 4.79 Å². The average Bonchev–Trinajstić information content (AvgIpc) is 2.40. The Morgan fingerprint density at radius 2 is 2.06 bits per heavy atom. The van der Waals surface area contributed by atoms with Crippen molar-refractivity contribution in [1.82, 2.24) is 10.3 Å². The molecule has 18 heavy (non-hydrogen) atoms. The normalized spacial score (nSPS) is 10.6. The van der Waals surface area contributed by atoms with Crippen LogP contribution in [-0.2, 0) is 0 Å². The number of carbonyl (C=O) groups excluding carboxylic acids is 1. The minimum atomic E-state index is -0.495. The standard InChI is InChI=1S/C12H12ClN3O2/c13-11-8-4-2-1-3-7(8)10(17)9(16-11)12(18)15-6-5-14/h1-4,17H,5-6,14H2,(H,15,18). The molecule has 1 aromatic heterocycles. The van der Waals surface area contributed by atoms with E-state index in [9.17, 15) is 9.90 Å². The van der Waals surface area contributed by atoms with Crippen molar-refractivity contribution in [2.45, 2.75) is 0 Å². The molecule has 6 heteroatoms. The number of aromatic nitrogens is 1. The van der Waals surface area contributed by atoms with Crippen LogP contribution in [0.25, 0.3) is 10.8 Å². The van der Waals surface area contributed by atoms with Gasteiger partial charge in [-0.05, 0) is 0 Å². The van der Waals surface area contributed by atoms with Gasteiger partial charge in [-0.15, -0.1) is 0 Å². The van der Waals surface area contributed by atoms with Crippen LogP contribution in [0, 0.1) is 0 Å². The summed E-state index contributed by atoms with van der Waals surface area (Å²) in [6.07, 6.45) is 0. The second kappa shape index (κ2) is 5.20. The first-order valence-electron chi connectivity index (χ1n) is 5.40. The van der Waals surface area contributed by atoms with Crippen LogP contribution in [0.4, 0.5) is 0 Å². The van der Waals surface area contributed by atoms with Crippen molar-refractivity contribution in [1.29, 1.82) is 0 Å². The van der Waals surface area contributed by atoms with Crippen molar-refractivity contribution in [2.75, 3.05) is 13.1 Å². The predicted octanol–water partition coefficient (Wildman–Crippen LogP) is 1.28. The van der Waals surface area contributed by atoms with Gasteiger partial charge >= 0.3 is 0 Å². The van der Waals surface area contributed by atoms with Gasteiger partial charge in [0.2, 0.25) is 0 Å². The maximum atomic E-state index is 11.8. The van der Waals surface area contributed by atoms with Crippen molar-refractivity contribution >= 4 is 28.3 Å². The van der Waals surface area contributed by atoms with Crippen molar-refractivity contribution < 1.29 is 9.90 Å². The van der Waals surface area contributed by atoms with E-state index in [0.717, 1.165) is 0 Å². The van der Waals surface area contributed by atoms with E-state index >= 15 is 0 Å². The average molecular weight is 266 g/mol. The molecule has 0 aliphatic rings. The highest BCUT2D eigenvalue weighted by atomic mass is 35.5. The fraction of sp³-hybridized carbons (Fsp3) is 0.167. The van der Waals surface area contributed by atoms with Crippen LogP contribution in [0.1, 0.15) is 10.5 Å². The van der Waals surface area contributed by atoms with E-state index in [-0.39, 0.29) is 16.6 Å². The largest absolute Gasteiger partial charge is 0.505 e. The van der Waals surface area contributed by atoms with Crippen molar-refractivity contribution in [2.24, 2.45) is 5.73 Å². The topological polar surface area (TPSA) is 88.2 Å². The lowest BCUT2D eigenvalue weighted by Gasteiger charge is -2.08. The van der Waals surface area contributed by atoms with Crippen LogP contribution < -0.4 is 11.1 Å². The fourth-order valence-electron chi connectivity index (χ4n) is 1.64. The molecule has 0 radical (unpaired) electrons. The van der Waals surface area contributed by atoms with Crippen molar-refractivity contribution in [3.05, 3.63) is 35.1 Å². The van der Waals surface area contributed by atoms with E-state index in [2.05, 4.69) is 10.3 Å². The van der Waals surface area contributed by atoms with Crippen molar-refractivity contribution in [3.63, 3.8) is 0 Å². The lowest BCUT2D eigenvalue weighted by Crippen LogP contribution is -2.29. The summed E-state index contributed by atoms with van der Waals surface area (Å²) < 4.78 is 0. The first kappa shape index (κ1) is 12.6. The quantitative estimate of drug-likeness (QED) is 0.730. The summed E-state index contributed by atoms with van der Waals surface area (Å²) in [5.41, 5.74) is 5.20. The smallest absolute Gasteiger partial charge is 0.273 e. The summed E-state index contributed by atoms with van der Waals surface area (Å²) >= 11 is 5.99. The Balaban J connectivity index is 2.52. The molecule has 4 N–H and O–H groups in total. The number of nitrogens with zero attached hydrogens (tertiary/aromatic N) is 1. The lowest BCUT2D eigenvalue weighted by atomic mass is 10.1. The van der Waals surface area contributed by atoms with E-state index in [1.54, 1.807) is 24.3 Å². The molecule has 1 amide bonds. The molecule has 2 rings (SSSR count). The zero-order valence-electron chi connectivity index (χ0n) is 9.48. The molecule has 0 atom stereocenters. The first-order valence-corrected chi connectivity index (χ1v) is 5.78. The molecular formula is C12H12ClN3O2. The molecule has 0 saturated carbocycles. The van der Waals surface area contributed by atoms with Gasteiger partial charge in [-0.25, -0.2) is 4.98 Å². The third-order valence-electron chi connectivity index (χ3n) is 2.48. The summed E-state index contributed by atoms with van der Waals surface area (Å²) in [7, 11) is 0. The third-order valence-corrected chi connectivity index (χ3v) is 2.77. The van der Waals surface area contributed by atoms with Gasteiger partial charge in [-0.1, -0.05) is 35.9 Å². The highest BCUT2D eigenvalue weighted by Crippen LogP contribution is 2.31. The minimum absolute atomic E-state index is 0.0906. The van der Waals surface area contributed by atoms with Crippen LogP contribution in [0.15, 0.2) is 24.3 Å². The Bertz CT molecular complexity index is 601. The molecule has 0 unspecified atom stereocenters. The lowest BCUT2D eigenvalue weighted by molar-refractivity contribution is 0.0947. The van der Waals surface area contributed by atoms with E-state index in [1.807, 2.05) is 0 Å². The van der Waals surface area contributed by atoms with Crippen LogP contribution in [-0.4, -0.2) is 29.1 Å². The number of hydrogen-bond acceptors (Lipinski definition) is 4. The number of nitrogens with one attached hydrogen (secondary N) is 1. The second-order valence-corrected chi connectivity index (χ2v) is 4.05. The molecule has 0 saturated heterocycles. The SMILES string of the molecule is NCCNC(=O)c1nc(Cl)c2ccccc2c1O.